The number of aryl methyl sites for hydroxylation is 1. The maximum Gasteiger partial charge on any atom is 0.145 e. The van der Waals surface area contributed by atoms with Gasteiger partial charge in [-0.05, 0) is 36.1 Å². The largest absolute Gasteiger partial charge is 0.390 e. The van der Waals surface area contributed by atoms with Gasteiger partial charge in [0, 0.05) is 37.7 Å². The molecule has 1 aliphatic heterocycles. The maximum absolute atomic E-state index is 10.5. The van der Waals surface area contributed by atoms with Crippen LogP contribution in [0.1, 0.15) is 37.0 Å². The van der Waals surface area contributed by atoms with Crippen LogP contribution in [-0.4, -0.2) is 54.2 Å². The average Bonchev–Trinajstić information content (AvgIpc) is 3.16. The Kier molecular flexibility index (Phi) is 8.90. The highest BCUT2D eigenvalue weighted by Gasteiger charge is 2.26. The summed E-state index contributed by atoms with van der Waals surface area (Å²) >= 11 is 6.17. The molecule has 1 heterocycles. The molecule has 0 aliphatic carbocycles. The van der Waals surface area contributed by atoms with Crippen LogP contribution in [0, 0.1) is 12.8 Å². The van der Waals surface area contributed by atoms with Crippen molar-refractivity contribution in [2.75, 3.05) is 26.3 Å². The van der Waals surface area contributed by atoms with E-state index in [0.29, 0.717) is 43.8 Å². The van der Waals surface area contributed by atoms with Gasteiger partial charge >= 0.3 is 0 Å². The molecule has 2 aromatic rings. The van der Waals surface area contributed by atoms with Crippen LogP contribution in [0.2, 0.25) is 5.02 Å². The zero-order valence-corrected chi connectivity index (χ0v) is 19.4. The molecule has 0 spiro atoms. The first-order valence-electron chi connectivity index (χ1n) is 10.9. The van der Waals surface area contributed by atoms with Crippen molar-refractivity contribution in [2.24, 2.45) is 11.1 Å². The van der Waals surface area contributed by atoms with E-state index in [2.05, 4.69) is 55.1 Å². The third kappa shape index (κ3) is 7.93. The van der Waals surface area contributed by atoms with E-state index >= 15 is 0 Å². The van der Waals surface area contributed by atoms with Crippen molar-refractivity contribution in [3.8, 4) is 0 Å². The normalized spacial score (nSPS) is 17.1. The molecule has 31 heavy (non-hydrogen) atoms. The Morgan fingerprint density at radius 3 is 2.68 bits per heavy atom. The third-order valence-corrected chi connectivity index (χ3v) is 5.34. The Bertz CT molecular complexity index is 854. The molecule has 0 bridgehead atoms. The van der Waals surface area contributed by atoms with Crippen LogP contribution in [0.4, 0.5) is 0 Å². The molecule has 3 rings (SSSR count). The van der Waals surface area contributed by atoms with Crippen LogP contribution in [0.15, 0.2) is 53.7 Å². The highest BCUT2D eigenvalue weighted by molar-refractivity contribution is 6.30. The van der Waals surface area contributed by atoms with Gasteiger partial charge in [0.05, 0.1) is 18.4 Å². The number of aliphatic hydroxyl groups is 1. The first-order valence-corrected chi connectivity index (χ1v) is 11.3. The fraction of sp³-hybridized carbons (Fsp3) is 0.480. The summed E-state index contributed by atoms with van der Waals surface area (Å²) in [4.78, 5) is 7.93. The summed E-state index contributed by atoms with van der Waals surface area (Å²) in [6.45, 7) is 9.05. The Labute approximate surface area is 190 Å². The summed E-state index contributed by atoms with van der Waals surface area (Å²) in [7, 11) is 0. The second-order valence-electron chi connectivity index (χ2n) is 8.74. The number of hydrogen-bond donors (Lipinski definition) is 1. The molecule has 0 amide bonds. The van der Waals surface area contributed by atoms with Gasteiger partial charge in [-0.3, -0.25) is 4.90 Å². The van der Waals surface area contributed by atoms with Crippen molar-refractivity contribution in [1.82, 2.24) is 4.90 Å². The van der Waals surface area contributed by atoms with Crippen LogP contribution in [0.25, 0.3) is 0 Å². The average molecular weight is 445 g/mol. The van der Waals surface area contributed by atoms with Crippen molar-refractivity contribution >= 4 is 17.3 Å². The lowest BCUT2D eigenvalue weighted by Gasteiger charge is -2.27. The number of halogens is 1. The van der Waals surface area contributed by atoms with Crippen LogP contribution < -0.4 is 0 Å². The molecular weight excluding hydrogens is 412 g/mol. The van der Waals surface area contributed by atoms with Crippen molar-refractivity contribution in [3.63, 3.8) is 0 Å². The van der Waals surface area contributed by atoms with E-state index < -0.39 is 6.10 Å². The topological polar surface area (TPSA) is 54.3 Å². The van der Waals surface area contributed by atoms with Crippen LogP contribution in [0.3, 0.4) is 0 Å². The number of benzene rings is 2. The zero-order chi connectivity index (χ0) is 22.2. The van der Waals surface area contributed by atoms with Gasteiger partial charge in [0.15, 0.2) is 0 Å². The van der Waals surface area contributed by atoms with E-state index in [0.717, 1.165) is 23.3 Å². The molecule has 1 N–H and O–H groups in total. The molecule has 0 saturated heterocycles. The predicted molar refractivity (Wildman–Crippen MR) is 126 cm³/mol. The second kappa shape index (κ2) is 11.6. The molecular formula is C25H33ClN2O3. The van der Waals surface area contributed by atoms with Gasteiger partial charge in [-0.25, -0.2) is 0 Å². The molecule has 5 nitrogen and oxygen atoms in total. The zero-order valence-electron chi connectivity index (χ0n) is 18.6. The molecule has 168 valence electrons. The minimum Gasteiger partial charge on any atom is -0.390 e. The van der Waals surface area contributed by atoms with E-state index in [9.17, 15) is 5.11 Å². The first kappa shape index (κ1) is 23.7. The molecule has 6 heteroatoms. The predicted octanol–water partition coefficient (Wildman–Crippen LogP) is 4.68. The number of oxime groups is 1. The summed E-state index contributed by atoms with van der Waals surface area (Å²) < 4.78 is 5.63. The number of nitrogens with zero attached hydrogens (tertiary/aromatic N) is 2. The van der Waals surface area contributed by atoms with Crippen molar-refractivity contribution in [1.29, 1.82) is 0 Å². The minimum absolute atomic E-state index is 0.0562. The highest BCUT2D eigenvalue weighted by Crippen LogP contribution is 2.20. The Morgan fingerprint density at radius 1 is 1.19 bits per heavy atom. The number of hydrogen-bond acceptors (Lipinski definition) is 5. The third-order valence-electron chi connectivity index (χ3n) is 5.11. The van der Waals surface area contributed by atoms with Crippen molar-refractivity contribution in [3.05, 3.63) is 70.2 Å². The summed E-state index contributed by atoms with van der Waals surface area (Å²) in [5.41, 5.74) is 4.38. The van der Waals surface area contributed by atoms with Crippen LogP contribution in [-0.2, 0) is 16.1 Å². The molecule has 0 saturated carbocycles. The van der Waals surface area contributed by atoms with E-state index in [1.807, 2.05) is 24.3 Å². The monoisotopic (exact) mass is 444 g/mol. The van der Waals surface area contributed by atoms with Gasteiger partial charge in [-0.2, -0.15) is 0 Å². The molecule has 2 atom stereocenters. The maximum atomic E-state index is 10.5. The molecule has 0 unspecified atom stereocenters. The van der Waals surface area contributed by atoms with E-state index in [1.165, 1.54) is 5.56 Å². The summed E-state index contributed by atoms with van der Waals surface area (Å²) in [5.74, 6) is 0.444. The Balaban J connectivity index is 1.60. The summed E-state index contributed by atoms with van der Waals surface area (Å²) in [5, 5.41) is 15.6. The number of ether oxygens (including phenoxy) is 1. The molecule has 1 aliphatic rings. The number of aliphatic hydroxyl groups excluding tert-OH is 1. The number of rotatable bonds is 11. The molecule has 2 aromatic carbocycles. The first-order chi connectivity index (χ1) is 14.9. The Hall–Kier alpha value is -1.92. The summed E-state index contributed by atoms with van der Waals surface area (Å²) in [6, 6.07) is 16.2. The van der Waals surface area contributed by atoms with Gasteiger partial charge in [0.1, 0.15) is 6.10 Å². The lowest BCUT2D eigenvalue weighted by Crippen LogP contribution is -2.39. The molecule has 0 fully saturated rings. The lowest BCUT2D eigenvalue weighted by molar-refractivity contribution is -0.00734. The van der Waals surface area contributed by atoms with Gasteiger partial charge in [-0.15, -0.1) is 0 Å². The standard InChI is InChI=1S/C25H33ClN2O3/c1-18(2)16-30-17-23(29)14-28(13-20-5-4-6-22(26)11-20)15-24-12-25(27-31-24)21-9-7-19(3)8-10-21/h4-11,18,23-24,29H,12-17H2,1-3H3/t23-,24+/m1/s1. The SMILES string of the molecule is Cc1ccc(C2=NO[C@H](CN(Cc3cccc(Cl)c3)C[C@@H](O)COCC(C)C)C2)cc1. The second-order valence-corrected chi connectivity index (χ2v) is 9.18. The van der Waals surface area contributed by atoms with Gasteiger partial charge in [0.2, 0.25) is 0 Å². The highest BCUT2D eigenvalue weighted by atomic mass is 35.5. The molecule has 0 radical (unpaired) electrons. The van der Waals surface area contributed by atoms with Crippen molar-refractivity contribution < 1.29 is 14.7 Å². The van der Waals surface area contributed by atoms with E-state index in [-0.39, 0.29) is 6.10 Å². The minimum atomic E-state index is -0.572. The van der Waals surface area contributed by atoms with Gasteiger partial charge < -0.3 is 14.7 Å². The smallest absolute Gasteiger partial charge is 0.145 e. The van der Waals surface area contributed by atoms with Crippen LogP contribution >= 0.6 is 11.6 Å². The quantitative estimate of drug-likeness (QED) is 0.546. The fourth-order valence-electron chi connectivity index (χ4n) is 3.62. The van der Waals surface area contributed by atoms with E-state index in [1.54, 1.807) is 0 Å². The van der Waals surface area contributed by atoms with E-state index in [4.69, 9.17) is 21.2 Å². The molecule has 0 aromatic heterocycles. The van der Waals surface area contributed by atoms with Gasteiger partial charge in [-0.1, -0.05) is 72.6 Å². The van der Waals surface area contributed by atoms with Crippen molar-refractivity contribution in [2.45, 2.75) is 45.9 Å². The van der Waals surface area contributed by atoms with Gasteiger partial charge in [0.25, 0.3) is 0 Å². The lowest BCUT2D eigenvalue weighted by atomic mass is 10.0. The van der Waals surface area contributed by atoms with Crippen LogP contribution in [0.5, 0.6) is 0 Å². The Morgan fingerprint density at radius 2 is 1.97 bits per heavy atom. The summed E-state index contributed by atoms with van der Waals surface area (Å²) in [6.07, 6.45) is 0.116. The fourth-order valence-corrected chi connectivity index (χ4v) is 3.83.